The number of thiocarbonyl (C=S) groups is 1. The predicted molar refractivity (Wildman–Crippen MR) is 120 cm³/mol. The summed E-state index contributed by atoms with van der Waals surface area (Å²) in [6.45, 7) is 5.15. The van der Waals surface area contributed by atoms with Gasteiger partial charge in [0.2, 0.25) is 0 Å². The zero-order valence-corrected chi connectivity index (χ0v) is 17.7. The van der Waals surface area contributed by atoms with Crippen molar-refractivity contribution >= 4 is 23.3 Å². The van der Waals surface area contributed by atoms with Crippen molar-refractivity contribution in [3.63, 3.8) is 0 Å². The summed E-state index contributed by atoms with van der Waals surface area (Å²) in [5, 5.41) is 13.6. The Morgan fingerprint density at radius 2 is 2.03 bits per heavy atom. The number of aromatic nitrogens is 2. The fourth-order valence-corrected chi connectivity index (χ4v) is 4.29. The first kappa shape index (κ1) is 20.1. The average Bonchev–Trinajstić information content (AvgIpc) is 3.33. The Kier molecular flexibility index (Phi) is 5.55. The van der Waals surface area contributed by atoms with Crippen molar-refractivity contribution in [1.29, 1.82) is 0 Å². The molecule has 154 valence electrons. The number of aromatic carboxylic acids is 1. The van der Waals surface area contributed by atoms with Crippen LogP contribution >= 0.6 is 12.2 Å². The van der Waals surface area contributed by atoms with Crippen molar-refractivity contribution in [3.8, 4) is 5.69 Å². The lowest BCUT2D eigenvalue weighted by atomic mass is 10.0. The Morgan fingerprint density at radius 1 is 1.20 bits per heavy atom. The van der Waals surface area contributed by atoms with Gasteiger partial charge in [-0.15, -0.1) is 0 Å². The van der Waals surface area contributed by atoms with Crippen molar-refractivity contribution in [1.82, 2.24) is 19.8 Å². The molecule has 2 aromatic heterocycles. The third-order valence-corrected chi connectivity index (χ3v) is 5.57. The molecular formula is C23H24N4O2S. The number of nitrogens with zero attached hydrogens (tertiary/aromatic N) is 3. The van der Waals surface area contributed by atoms with Gasteiger partial charge in [0.15, 0.2) is 5.11 Å². The van der Waals surface area contributed by atoms with Crippen molar-refractivity contribution in [2.75, 3.05) is 6.54 Å². The molecule has 3 aromatic rings. The van der Waals surface area contributed by atoms with Crippen molar-refractivity contribution in [2.45, 2.75) is 25.9 Å². The van der Waals surface area contributed by atoms with Crippen LogP contribution in [0.5, 0.6) is 0 Å². The largest absolute Gasteiger partial charge is 0.478 e. The second-order valence-corrected chi connectivity index (χ2v) is 8.22. The molecule has 0 radical (unpaired) electrons. The molecule has 0 aliphatic carbocycles. The van der Waals surface area contributed by atoms with Crippen LogP contribution in [0.4, 0.5) is 0 Å². The smallest absolute Gasteiger partial charge is 0.335 e. The quantitative estimate of drug-likeness (QED) is 0.583. The Bertz CT molecular complexity index is 1060. The van der Waals surface area contributed by atoms with Gasteiger partial charge in [-0.05, 0) is 60.6 Å². The molecule has 1 aromatic carbocycles. The first-order chi connectivity index (χ1) is 14.5. The van der Waals surface area contributed by atoms with Gasteiger partial charge in [0, 0.05) is 30.3 Å². The van der Waals surface area contributed by atoms with Crippen LogP contribution in [0, 0.1) is 5.92 Å². The SMILES string of the molecule is CC(C)CN1C(=S)N[C@@H](c2ccccn2)[C@@H]1c1cccn1-c1cccc(C(=O)O)c1. The van der Waals surface area contributed by atoms with Crippen molar-refractivity contribution in [3.05, 3.63) is 83.9 Å². The first-order valence-electron chi connectivity index (χ1n) is 9.94. The van der Waals surface area contributed by atoms with Gasteiger partial charge < -0.3 is 19.9 Å². The zero-order chi connectivity index (χ0) is 21.3. The van der Waals surface area contributed by atoms with E-state index in [1.165, 1.54) is 0 Å². The van der Waals surface area contributed by atoms with E-state index in [4.69, 9.17) is 12.2 Å². The number of carboxylic acid groups (broad SMARTS) is 1. The summed E-state index contributed by atoms with van der Waals surface area (Å²) in [7, 11) is 0. The van der Waals surface area contributed by atoms with Crippen LogP contribution in [-0.2, 0) is 0 Å². The van der Waals surface area contributed by atoms with E-state index in [2.05, 4.69) is 35.1 Å². The third kappa shape index (κ3) is 3.80. The standard InChI is InChI=1S/C23H24N4O2S/c1-15(2)14-27-21(20(25-23(27)30)18-9-3-4-11-24-18)19-10-6-12-26(19)17-8-5-7-16(13-17)22(28)29/h3-13,15,20-21H,14H2,1-2H3,(H,25,30)(H,28,29)/t20-,21-/m0/s1. The Labute approximate surface area is 181 Å². The second kappa shape index (κ2) is 8.28. The summed E-state index contributed by atoms with van der Waals surface area (Å²) in [6.07, 6.45) is 3.75. The van der Waals surface area contributed by atoms with Gasteiger partial charge in [0.25, 0.3) is 0 Å². The summed E-state index contributed by atoms with van der Waals surface area (Å²) >= 11 is 5.70. The van der Waals surface area contributed by atoms with E-state index >= 15 is 0 Å². The first-order valence-corrected chi connectivity index (χ1v) is 10.4. The Balaban J connectivity index is 1.81. The fourth-order valence-electron chi connectivity index (χ4n) is 3.98. The lowest BCUT2D eigenvalue weighted by Gasteiger charge is -2.30. The number of hydrogen-bond donors (Lipinski definition) is 2. The number of hydrogen-bond acceptors (Lipinski definition) is 3. The van der Waals surface area contributed by atoms with E-state index < -0.39 is 5.97 Å². The number of benzene rings is 1. The highest BCUT2D eigenvalue weighted by Gasteiger charge is 2.41. The van der Waals surface area contributed by atoms with Gasteiger partial charge in [-0.1, -0.05) is 26.0 Å². The van der Waals surface area contributed by atoms with Gasteiger partial charge in [-0.25, -0.2) is 4.79 Å². The highest BCUT2D eigenvalue weighted by atomic mass is 32.1. The maximum Gasteiger partial charge on any atom is 0.335 e. The minimum atomic E-state index is -0.943. The average molecular weight is 421 g/mol. The molecule has 2 atom stereocenters. The van der Waals surface area contributed by atoms with Gasteiger partial charge in [-0.2, -0.15) is 0 Å². The molecule has 3 heterocycles. The molecule has 7 heteroatoms. The number of nitrogens with one attached hydrogen (secondary N) is 1. The van der Waals surface area contributed by atoms with Crippen LogP contribution in [0.2, 0.25) is 0 Å². The summed E-state index contributed by atoms with van der Waals surface area (Å²) in [6, 6.07) is 16.7. The minimum absolute atomic E-state index is 0.0710. The van der Waals surface area contributed by atoms with Crippen LogP contribution in [0.1, 0.15) is 47.7 Å². The molecule has 2 N–H and O–H groups in total. The Hall–Kier alpha value is -3.19. The fraction of sp³-hybridized carbons (Fsp3) is 0.261. The van der Waals surface area contributed by atoms with Gasteiger partial charge in [0.1, 0.15) is 0 Å². The number of pyridine rings is 1. The maximum atomic E-state index is 11.5. The van der Waals surface area contributed by atoms with Gasteiger partial charge in [0.05, 0.1) is 23.3 Å². The van der Waals surface area contributed by atoms with Crippen LogP contribution in [0.3, 0.4) is 0 Å². The summed E-state index contributed by atoms with van der Waals surface area (Å²) in [4.78, 5) is 18.3. The minimum Gasteiger partial charge on any atom is -0.478 e. The number of carbonyl (C=O) groups is 1. The van der Waals surface area contributed by atoms with E-state index in [0.29, 0.717) is 11.0 Å². The van der Waals surface area contributed by atoms with Crippen molar-refractivity contribution < 1.29 is 9.90 Å². The molecule has 1 saturated heterocycles. The predicted octanol–water partition coefficient (Wildman–Crippen LogP) is 4.20. The molecule has 0 spiro atoms. The van der Waals surface area contributed by atoms with Crippen LogP contribution in [0.15, 0.2) is 67.0 Å². The molecule has 0 bridgehead atoms. The Morgan fingerprint density at radius 3 is 2.73 bits per heavy atom. The monoisotopic (exact) mass is 420 g/mol. The molecule has 0 saturated carbocycles. The third-order valence-electron chi connectivity index (χ3n) is 5.21. The van der Waals surface area contributed by atoms with E-state index in [1.54, 1.807) is 24.4 Å². The van der Waals surface area contributed by atoms with Crippen LogP contribution in [-0.4, -0.2) is 37.2 Å². The molecule has 1 aliphatic heterocycles. The van der Waals surface area contributed by atoms with Gasteiger partial charge in [-0.3, -0.25) is 4.98 Å². The number of carboxylic acids is 1. The zero-order valence-electron chi connectivity index (χ0n) is 16.9. The highest BCUT2D eigenvalue weighted by molar-refractivity contribution is 7.80. The van der Waals surface area contributed by atoms with E-state index in [1.807, 2.05) is 41.1 Å². The van der Waals surface area contributed by atoms with E-state index in [9.17, 15) is 9.90 Å². The molecule has 4 rings (SSSR count). The number of rotatable bonds is 6. The molecule has 1 fully saturated rings. The molecule has 0 unspecified atom stereocenters. The topological polar surface area (TPSA) is 70.4 Å². The summed E-state index contributed by atoms with van der Waals surface area (Å²) in [5.74, 6) is -0.518. The molecule has 6 nitrogen and oxygen atoms in total. The molecule has 0 amide bonds. The summed E-state index contributed by atoms with van der Waals surface area (Å²) in [5.41, 5.74) is 3.01. The summed E-state index contributed by atoms with van der Waals surface area (Å²) < 4.78 is 2.04. The van der Waals surface area contributed by atoms with Crippen molar-refractivity contribution in [2.24, 2.45) is 5.92 Å². The second-order valence-electron chi connectivity index (χ2n) is 7.83. The van der Waals surface area contributed by atoms with E-state index in [0.717, 1.165) is 23.6 Å². The maximum absolute atomic E-state index is 11.5. The van der Waals surface area contributed by atoms with Gasteiger partial charge >= 0.3 is 5.97 Å². The lowest BCUT2D eigenvalue weighted by molar-refractivity contribution is 0.0697. The van der Waals surface area contributed by atoms with Crippen LogP contribution in [0.25, 0.3) is 5.69 Å². The van der Waals surface area contributed by atoms with E-state index in [-0.39, 0.29) is 17.6 Å². The molecular weight excluding hydrogens is 396 g/mol. The normalized spacial score (nSPS) is 18.6. The molecule has 1 aliphatic rings. The lowest BCUT2D eigenvalue weighted by Crippen LogP contribution is -2.33. The molecule has 30 heavy (non-hydrogen) atoms. The highest BCUT2D eigenvalue weighted by Crippen LogP contribution is 2.39. The van der Waals surface area contributed by atoms with Crippen LogP contribution < -0.4 is 5.32 Å².